The molecule has 0 saturated heterocycles. The lowest BCUT2D eigenvalue weighted by atomic mass is 9.85. The molecular weight excluding hydrogens is 569 g/mol. The van der Waals surface area contributed by atoms with E-state index < -0.39 is 0 Å². The van der Waals surface area contributed by atoms with Crippen LogP contribution in [0.5, 0.6) is 0 Å². The van der Waals surface area contributed by atoms with Crippen molar-refractivity contribution in [1.82, 2.24) is 0 Å². The van der Waals surface area contributed by atoms with Crippen LogP contribution in [0.1, 0.15) is 0 Å². The Kier molecular flexibility index (Phi) is 5.64. The van der Waals surface area contributed by atoms with Crippen LogP contribution in [0.15, 0.2) is 174 Å². The summed E-state index contributed by atoms with van der Waals surface area (Å²) in [5.74, 6) is 0. The molecule has 218 valence electrons. The highest BCUT2D eigenvalue weighted by Gasteiger charge is 2.17. The number of hydrogen-bond donors (Lipinski definition) is 0. The van der Waals surface area contributed by atoms with E-state index in [1.54, 1.807) is 0 Å². The van der Waals surface area contributed by atoms with Gasteiger partial charge in [-0.2, -0.15) is 0 Å². The number of benzene rings is 9. The molecule has 0 amide bonds. The maximum Gasteiger partial charge on any atom is 0.136 e. The SMILES string of the molecule is c1ccc(-c2c3ccccc3c(-c3ccc4cc(-c5cccc6cc7c(cc56)oc5ccccc57)ccc4c3)c3ccccc23)cc1. The fraction of sp³-hybridized carbons (Fsp3) is 0. The molecule has 1 heterocycles. The smallest absolute Gasteiger partial charge is 0.136 e. The Morgan fingerprint density at radius 1 is 0.277 bits per heavy atom. The first-order valence-corrected chi connectivity index (χ1v) is 16.2. The van der Waals surface area contributed by atoms with E-state index in [4.69, 9.17) is 4.42 Å². The van der Waals surface area contributed by atoms with Crippen molar-refractivity contribution in [2.24, 2.45) is 0 Å². The summed E-state index contributed by atoms with van der Waals surface area (Å²) in [7, 11) is 0. The second-order valence-corrected chi connectivity index (χ2v) is 12.5. The highest BCUT2D eigenvalue weighted by atomic mass is 16.3. The summed E-state index contributed by atoms with van der Waals surface area (Å²) in [6, 6.07) is 61.6. The Balaban J connectivity index is 1.14. The predicted octanol–water partition coefficient (Wildman–Crippen LogP) is 13.2. The van der Waals surface area contributed by atoms with Gasteiger partial charge in [0, 0.05) is 10.8 Å². The average molecular weight is 597 g/mol. The van der Waals surface area contributed by atoms with Crippen LogP contribution in [0.25, 0.3) is 98.4 Å². The van der Waals surface area contributed by atoms with E-state index in [0.717, 1.165) is 21.9 Å². The van der Waals surface area contributed by atoms with Gasteiger partial charge in [-0.05, 0) is 107 Å². The second kappa shape index (κ2) is 10.2. The Bertz CT molecular complexity index is 2780. The molecule has 1 heteroatoms. The minimum absolute atomic E-state index is 0.925. The standard InChI is InChI=1S/C46H28O/c1-2-11-29(12-3-1)45-37-15-4-6-17-39(37)46(40-18-7-5-16-38(40)45)34-24-22-30-25-33(23-21-31(30)26-34)35-19-10-13-32-27-42-36-14-8-9-20-43(36)47-44(42)28-41(32)35/h1-28H. The van der Waals surface area contributed by atoms with Gasteiger partial charge in [0.1, 0.15) is 11.2 Å². The quantitative estimate of drug-likeness (QED) is 0.185. The molecule has 0 aliphatic rings. The molecule has 0 saturated carbocycles. The van der Waals surface area contributed by atoms with Gasteiger partial charge in [-0.25, -0.2) is 0 Å². The van der Waals surface area contributed by atoms with E-state index in [2.05, 4.69) is 158 Å². The van der Waals surface area contributed by atoms with Crippen LogP contribution in [0.2, 0.25) is 0 Å². The summed E-state index contributed by atoms with van der Waals surface area (Å²) < 4.78 is 6.27. The third-order valence-corrected chi connectivity index (χ3v) is 9.81. The van der Waals surface area contributed by atoms with Crippen molar-refractivity contribution in [2.45, 2.75) is 0 Å². The molecule has 0 fully saturated rings. The normalized spacial score (nSPS) is 11.8. The van der Waals surface area contributed by atoms with Crippen LogP contribution in [-0.2, 0) is 0 Å². The molecule has 9 aromatic carbocycles. The number of furan rings is 1. The van der Waals surface area contributed by atoms with Gasteiger partial charge < -0.3 is 4.42 Å². The van der Waals surface area contributed by atoms with E-state index in [-0.39, 0.29) is 0 Å². The van der Waals surface area contributed by atoms with Gasteiger partial charge in [0.2, 0.25) is 0 Å². The average Bonchev–Trinajstić information content (AvgIpc) is 3.50. The molecule has 1 aromatic heterocycles. The van der Waals surface area contributed by atoms with Crippen molar-refractivity contribution < 1.29 is 4.42 Å². The van der Waals surface area contributed by atoms with Crippen LogP contribution in [0.3, 0.4) is 0 Å². The summed E-state index contributed by atoms with van der Waals surface area (Å²) in [6.07, 6.45) is 0. The molecule has 0 bridgehead atoms. The van der Waals surface area contributed by atoms with Gasteiger partial charge in [-0.3, -0.25) is 0 Å². The molecule has 0 aliphatic carbocycles. The van der Waals surface area contributed by atoms with Crippen molar-refractivity contribution in [1.29, 1.82) is 0 Å². The summed E-state index contributed by atoms with van der Waals surface area (Å²) in [5, 5.41) is 12.3. The lowest BCUT2D eigenvalue weighted by molar-refractivity contribution is 0.669. The zero-order valence-corrected chi connectivity index (χ0v) is 25.6. The Hall–Kier alpha value is -6.18. The summed E-state index contributed by atoms with van der Waals surface area (Å²) in [4.78, 5) is 0. The lowest BCUT2D eigenvalue weighted by Gasteiger charge is -2.18. The number of fused-ring (bicyclic) bond motifs is 7. The Labute approximate surface area is 271 Å². The highest BCUT2D eigenvalue weighted by molar-refractivity contribution is 6.22. The van der Waals surface area contributed by atoms with E-state index in [9.17, 15) is 0 Å². The Morgan fingerprint density at radius 3 is 1.55 bits per heavy atom. The van der Waals surface area contributed by atoms with Crippen molar-refractivity contribution in [3.05, 3.63) is 170 Å². The fourth-order valence-electron chi connectivity index (χ4n) is 7.67. The van der Waals surface area contributed by atoms with Crippen molar-refractivity contribution in [3.63, 3.8) is 0 Å². The minimum Gasteiger partial charge on any atom is -0.456 e. The van der Waals surface area contributed by atoms with Gasteiger partial charge in [-0.15, -0.1) is 0 Å². The number of para-hydroxylation sites is 1. The molecule has 1 nitrogen and oxygen atoms in total. The van der Waals surface area contributed by atoms with Gasteiger partial charge in [0.15, 0.2) is 0 Å². The topological polar surface area (TPSA) is 13.1 Å². The minimum atomic E-state index is 0.925. The molecule has 0 atom stereocenters. The molecule has 0 aliphatic heterocycles. The third-order valence-electron chi connectivity index (χ3n) is 9.81. The zero-order chi connectivity index (χ0) is 30.9. The first kappa shape index (κ1) is 26.1. The van der Waals surface area contributed by atoms with Crippen molar-refractivity contribution in [3.8, 4) is 33.4 Å². The molecule has 0 radical (unpaired) electrons. The molecule has 0 spiro atoms. The Morgan fingerprint density at radius 2 is 0.851 bits per heavy atom. The van der Waals surface area contributed by atoms with Crippen LogP contribution in [0.4, 0.5) is 0 Å². The van der Waals surface area contributed by atoms with Crippen LogP contribution < -0.4 is 0 Å². The lowest BCUT2D eigenvalue weighted by Crippen LogP contribution is -1.91. The van der Waals surface area contributed by atoms with Gasteiger partial charge in [0.25, 0.3) is 0 Å². The van der Waals surface area contributed by atoms with Gasteiger partial charge in [-0.1, -0.05) is 140 Å². The van der Waals surface area contributed by atoms with Crippen LogP contribution in [-0.4, -0.2) is 0 Å². The molecule has 47 heavy (non-hydrogen) atoms. The van der Waals surface area contributed by atoms with Gasteiger partial charge >= 0.3 is 0 Å². The van der Waals surface area contributed by atoms with Crippen molar-refractivity contribution in [2.75, 3.05) is 0 Å². The summed E-state index contributed by atoms with van der Waals surface area (Å²) in [6.45, 7) is 0. The maximum atomic E-state index is 6.27. The van der Waals surface area contributed by atoms with Crippen LogP contribution in [0, 0.1) is 0 Å². The monoisotopic (exact) mass is 596 g/mol. The molecule has 0 unspecified atom stereocenters. The molecule has 10 aromatic rings. The molecule has 10 rings (SSSR count). The predicted molar refractivity (Wildman–Crippen MR) is 200 cm³/mol. The fourth-order valence-corrected chi connectivity index (χ4v) is 7.67. The third kappa shape index (κ3) is 4.03. The number of rotatable bonds is 3. The molecular formula is C46H28O. The van der Waals surface area contributed by atoms with Gasteiger partial charge in [0.05, 0.1) is 0 Å². The maximum absolute atomic E-state index is 6.27. The highest BCUT2D eigenvalue weighted by Crippen LogP contribution is 2.44. The zero-order valence-electron chi connectivity index (χ0n) is 25.6. The van der Waals surface area contributed by atoms with Crippen molar-refractivity contribution >= 4 is 65.0 Å². The van der Waals surface area contributed by atoms with Crippen LogP contribution >= 0.6 is 0 Å². The summed E-state index contributed by atoms with van der Waals surface area (Å²) >= 11 is 0. The first-order valence-electron chi connectivity index (χ1n) is 16.2. The second-order valence-electron chi connectivity index (χ2n) is 12.5. The van der Waals surface area contributed by atoms with E-state index in [1.165, 1.54) is 76.5 Å². The summed E-state index contributed by atoms with van der Waals surface area (Å²) in [5.41, 5.74) is 9.32. The van der Waals surface area contributed by atoms with E-state index in [1.807, 2.05) is 12.1 Å². The first-order chi connectivity index (χ1) is 23.3. The van der Waals surface area contributed by atoms with E-state index in [0.29, 0.717) is 0 Å². The van der Waals surface area contributed by atoms with E-state index >= 15 is 0 Å². The number of hydrogen-bond acceptors (Lipinski definition) is 1. The molecule has 0 N–H and O–H groups in total. The largest absolute Gasteiger partial charge is 0.456 e.